The molecule has 3 heteroatoms. The molecular formula is C17H20O2S. The van der Waals surface area contributed by atoms with E-state index in [-0.39, 0.29) is 5.78 Å². The van der Waals surface area contributed by atoms with Crippen LogP contribution in [0.4, 0.5) is 0 Å². The van der Waals surface area contributed by atoms with E-state index in [9.17, 15) is 4.79 Å². The molecule has 2 rings (SSSR count). The highest BCUT2D eigenvalue weighted by molar-refractivity contribution is 7.12. The van der Waals surface area contributed by atoms with Gasteiger partial charge in [-0.25, -0.2) is 0 Å². The van der Waals surface area contributed by atoms with Gasteiger partial charge in [0.1, 0.15) is 11.5 Å². The van der Waals surface area contributed by atoms with Gasteiger partial charge in [-0.15, -0.1) is 11.3 Å². The summed E-state index contributed by atoms with van der Waals surface area (Å²) >= 11 is 1.73. The average molecular weight is 288 g/mol. The molecule has 0 fully saturated rings. The summed E-state index contributed by atoms with van der Waals surface area (Å²) in [5.41, 5.74) is 1.17. The lowest BCUT2D eigenvalue weighted by Crippen LogP contribution is -2.08. The van der Waals surface area contributed by atoms with Crippen LogP contribution in [0, 0.1) is 6.92 Å². The number of hydrogen-bond acceptors (Lipinski definition) is 3. The van der Waals surface area contributed by atoms with E-state index >= 15 is 0 Å². The fourth-order valence-electron chi connectivity index (χ4n) is 1.98. The second kappa shape index (κ2) is 7.25. The van der Waals surface area contributed by atoms with E-state index in [1.165, 1.54) is 10.4 Å². The summed E-state index contributed by atoms with van der Waals surface area (Å²) in [6.07, 6.45) is 2.03. The lowest BCUT2D eigenvalue weighted by atomic mass is 10.2. The molecule has 1 aromatic carbocycles. The highest BCUT2D eigenvalue weighted by atomic mass is 32.1. The van der Waals surface area contributed by atoms with E-state index in [1.807, 2.05) is 31.2 Å². The molecule has 0 bridgehead atoms. The lowest BCUT2D eigenvalue weighted by Gasteiger charge is -2.06. The van der Waals surface area contributed by atoms with E-state index in [4.69, 9.17) is 4.74 Å². The Labute approximate surface area is 124 Å². The molecule has 0 aliphatic rings. The van der Waals surface area contributed by atoms with Gasteiger partial charge in [-0.3, -0.25) is 4.79 Å². The monoisotopic (exact) mass is 288 g/mol. The third-order valence-corrected chi connectivity index (χ3v) is 4.31. The van der Waals surface area contributed by atoms with Crippen LogP contribution in [-0.4, -0.2) is 12.4 Å². The predicted molar refractivity (Wildman–Crippen MR) is 83.7 cm³/mol. The zero-order chi connectivity index (χ0) is 14.4. The number of carbonyl (C=O) groups is 1. The number of carbonyl (C=O) groups excluding carboxylic acids is 1. The minimum Gasteiger partial charge on any atom is -0.493 e. The Morgan fingerprint density at radius 1 is 1.20 bits per heavy atom. The maximum absolute atomic E-state index is 11.9. The molecule has 0 atom stereocenters. The van der Waals surface area contributed by atoms with E-state index in [0.29, 0.717) is 19.4 Å². The first kappa shape index (κ1) is 14.8. The SMILES string of the molecule is CCc1ccc(CC(=O)CCOc2cccc(C)c2)s1. The molecule has 0 amide bonds. The average Bonchev–Trinajstić information content (AvgIpc) is 2.86. The highest BCUT2D eigenvalue weighted by Gasteiger charge is 2.06. The maximum atomic E-state index is 11.9. The summed E-state index contributed by atoms with van der Waals surface area (Å²) in [5.74, 6) is 1.07. The summed E-state index contributed by atoms with van der Waals surface area (Å²) in [5, 5.41) is 0. The van der Waals surface area contributed by atoms with Crippen molar-refractivity contribution in [1.29, 1.82) is 0 Å². The van der Waals surface area contributed by atoms with Crippen LogP contribution < -0.4 is 4.74 Å². The number of rotatable bonds is 7. The van der Waals surface area contributed by atoms with Crippen molar-refractivity contribution >= 4 is 17.1 Å². The fraction of sp³-hybridized carbons (Fsp3) is 0.353. The largest absolute Gasteiger partial charge is 0.493 e. The van der Waals surface area contributed by atoms with E-state index in [0.717, 1.165) is 17.0 Å². The quantitative estimate of drug-likeness (QED) is 0.763. The Morgan fingerprint density at radius 3 is 2.70 bits per heavy atom. The zero-order valence-electron chi connectivity index (χ0n) is 12.0. The molecule has 0 aliphatic carbocycles. The summed E-state index contributed by atoms with van der Waals surface area (Å²) in [4.78, 5) is 14.4. The summed E-state index contributed by atoms with van der Waals surface area (Å²) in [6.45, 7) is 4.61. The third-order valence-electron chi connectivity index (χ3n) is 3.08. The van der Waals surface area contributed by atoms with Gasteiger partial charge in [0.05, 0.1) is 6.61 Å². The highest BCUT2D eigenvalue weighted by Crippen LogP contribution is 2.18. The van der Waals surface area contributed by atoms with Crippen LogP contribution in [-0.2, 0) is 17.6 Å². The van der Waals surface area contributed by atoms with Crippen molar-refractivity contribution in [3.8, 4) is 5.75 Å². The van der Waals surface area contributed by atoms with Crippen LogP contribution in [0.5, 0.6) is 5.75 Å². The summed E-state index contributed by atoms with van der Waals surface area (Å²) in [6, 6.07) is 12.1. The molecule has 0 N–H and O–H groups in total. The molecular weight excluding hydrogens is 268 g/mol. The Bertz CT molecular complexity index is 572. The number of thiophene rings is 1. The van der Waals surface area contributed by atoms with Crippen LogP contribution in [0.3, 0.4) is 0 Å². The molecule has 0 saturated carbocycles. The van der Waals surface area contributed by atoms with Gasteiger partial charge in [0.25, 0.3) is 0 Å². The molecule has 0 saturated heterocycles. The second-order valence-corrected chi connectivity index (χ2v) is 6.10. The molecule has 0 aliphatic heterocycles. The van der Waals surface area contributed by atoms with Crippen molar-refractivity contribution < 1.29 is 9.53 Å². The standard InChI is InChI=1S/C17H20O2S/c1-3-16-7-8-17(20-16)12-14(18)9-10-19-15-6-4-5-13(2)11-15/h4-8,11H,3,9-10,12H2,1-2H3. The predicted octanol–water partition coefficient (Wildman–Crippen LogP) is 4.20. The summed E-state index contributed by atoms with van der Waals surface area (Å²) < 4.78 is 5.60. The molecule has 1 aromatic heterocycles. The Kier molecular flexibility index (Phi) is 5.36. The van der Waals surface area contributed by atoms with E-state index < -0.39 is 0 Å². The number of ether oxygens (including phenoxy) is 1. The van der Waals surface area contributed by atoms with Gasteiger partial charge >= 0.3 is 0 Å². The first-order chi connectivity index (χ1) is 9.67. The van der Waals surface area contributed by atoms with Gasteiger partial charge in [0, 0.05) is 22.6 Å². The molecule has 1 heterocycles. The molecule has 2 nitrogen and oxygen atoms in total. The zero-order valence-corrected chi connectivity index (χ0v) is 12.8. The van der Waals surface area contributed by atoms with Crippen molar-refractivity contribution in [2.45, 2.75) is 33.1 Å². The van der Waals surface area contributed by atoms with Crippen LogP contribution in [0.25, 0.3) is 0 Å². The van der Waals surface area contributed by atoms with Gasteiger partial charge in [0.2, 0.25) is 0 Å². The van der Waals surface area contributed by atoms with Gasteiger partial charge < -0.3 is 4.74 Å². The number of hydrogen-bond donors (Lipinski definition) is 0. The summed E-state index contributed by atoms with van der Waals surface area (Å²) in [7, 11) is 0. The lowest BCUT2D eigenvalue weighted by molar-refractivity contribution is -0.118. The van der Waals surface area contributed by atoms with Crippen molar-refractivity contribution in [1.82, 2.24) is 0 Å². The molecule has 20 heavy (non-hydrogen) atoms. The number of benzene rings is 1. The van der Waals surface area contributed by atoms with Crippen molar-refractivity contribution in [2.24, 2.45) is 0 Å². The number of Topliss-reactive ketones (excluding diaryl/α,β-unsaturated/α-hetero) is 1. The van der Waals surface area contributed by atoms with E-state index in [2.05, 4.69) is 19.1 Å². The third kappa shape index (κ3) is 4.49. The number of aryl methyl sites for hydroxylation is 2. The Balaban J connectivity index is 1.75. The fourth-order valence-corrected chi connectivity index (χ4v) is 2.96. The van der Waals surface area contributed by atoms with Gasteiger partial charge in [-0.05, 0) is 43.2 Å². The smallest absolute Gasteiger partial charge is 0.141 e. The minimum absolute atomic E-state index is 0.238. The molecule has 2 aromatic rings. The first-order valence-electron chi connectivity index (χ1n) is 6.96. The first-order valence-corrected chi connectivity index (χ1v) is 7.78. The van der Waals surface area contributed by atoms with Crippen LogP contribution in [0.2, 0.25) is 0 Å². The molecule has 0 unspecified atom stereocenters. The Morgan fingerprint density at radius 2 is 2.00 bits per heavy atom. The van der Waals surface area contributed by atoms with Crippen LogP contribution >= 0.6 is 11.3 Å². The maximum Gasteiger partial charge on any atom is 0.141 e. The van der Waals surface area contributed by atoms with Crippen LogP contribution in [0.15, 0.2) is 36.4 Å². The number of ketones is 1. The topological polar surface area (TPSA) is 26.3 Å². The van der Waals surface area contributed by atoms with Crippen molar-refractivity contribution in [3.05, 3.63) is 51.7 Å². The molecule has 0 spiro atoms. The molecule has 0 radical (unpaired) electrons. The van der Waals surface area contributed by atoms with Gasteiger partial charge in [0.15, 0.2) is 0 Å². The minimum atomic E-state index is 0.238. The van der Waals surface area contributed by atoms with Gasteiger partial charge in [-0.1, -0.05) is 19.1 Å². The van der Waals surface area contributed by atoms with Crippen LogP contribution in [0.1, 0.15) is 28.7 Å². The second-order valence-electron chi connectivity index (χ2n) is 4.85. The van der Waals surface area contributed by atoms with Gasteiger partial charge in [-0.2, -0.15) is 0 Å². The Hall–Kier alpha value is -1.61. The molecule has 106 valence electrons. The van der Waals surface area contributed by atoms with Crippen molar-refractivity contribution in [2.75, 3.05) is 6.61 Å². The van der Waals surface area contributed by atoms with E-state index in [1.54, 1.807) is 11.3 Å². The van der Waals surface area contributed by atoms with Crippen molar-refractivity contribution in [3.63, 3.8) is 0 Å². The normalized spacial score (nSPS) is 10.5.